The van der Waals surface area contributed by atoms with E-state index in [9.17, 15) is 13.2 Å². The third-order valence-corrected chi connectivity index (χ3v) is 7.51. The van der Waals surface area contributed by atoms with Crippen LogP contribution in [0, 0.1) is 0 Å². The minimum Gasteiger partial charge on any atom is -0.325 e. The number of fused-ring (bicyclic) bond motifs is 3. The summed E-state index contributed by atoms with van der Waals surface area (Å²) in [6.07, 6.45) is 1.77. The van der Waals surface area contributed by atoms with Gasteiger partial charge in [-0.05, 0) is 56.6 Å². The van der Waals surface area contributed by atoms with Crippen LogP contribution in [0.5, 0.6) is 0 Å². The first kappa shape index (κ1) is 24.1. The van der Waals surface area contributed by atoms with E-state index in [4.69, 9.17) is 11.6 Å². The van der Waals surface area contributed by atoms with Crippen LogP contribution in [0.15, 0.2) is 53.6 Å². The summed E-state index contributed by atoms with van der Waals surface area (Å²) in [7, 11) is 1.78. The van der Waals surface area contributed by atoms with Gasteiger partial charge < -0.3 is 15.5 Å². The average Bonchev–Trinajstić information content (AvgIpc) is 2.92. The molecule has 0 aliphatic carbocycles. The molecule has 0 atom stereocenters. The molecule has 1 amide bonds. The number of hydrogen-bond donors (Lipinski definition) is 2. The number of sulfonamides is 1. The van der Waals surface area contributed by atoms with E-state index >= 15 is 0 Å². The number of nitrogens with one attached hydrogen (secondary N) is 2. The van der Waals surface area contributed by atoms with Crippen molar-refractivity contribution < 1.29 is 13.2 Å². The number of halogens is 1. The topological polar surface area (TPSA) is 108 Å². The van der Waals surface area contributed by atoms with Gasteiger partial charge in [0.15, 0.2) is 0 Å². The molecule has 0 saturated carbocycles. The third kappa shape index (κ3) is 5.20. The average molecular weight is 501 g/mol. The number of amides is 1. The van der Waals surface area contributed by atoms with E-state index in [1.54, 1.807) is 49.6 Å². The Morgan fingerprint density at radius 1 is 1.09 bits per heavy atom. The largest absolute Gasteiger partial charge is 0.325 e. The van der Waals surface area contributed by atoms with Gasteiger partial charge in [-0.15, -0.1) is 0 Å². The van der Waals surface area contributed by atoms with Crippen molar-refractivity contribution in [3.8, 4) is 11.3 Å². The molecule has 2 aromatic carbocycles. The summed E-state index contributed by atoms with van der Waals surface area (Å²) in [5.74, 6) is 0.159. The van der Waals surface area contributed by atoms with Crippen LogP contribution in [0.4, 0.5) is 17.3 Å². The molecule has 1 aromatic heterocycles. The highest BCUT2D eigenvalue weighted by molar-refractivity contribution is 7.89. The molecule has 1 aliphatic heterocycles. The van der Waals surface area contributed by atoms with Gasteiger partial charge in [0.25, 0.3) is 0 Å². The molecule has 11 heteroatoms. The fraction of sp³-hybridized carbons (Fsp3) is 0.261. The highest BCUT2D eigenvalue weighted by Crippen LogP contribution is 2.35. The van der Waals surface area contributed by atoms with Crippen LogP contribution in [0.1, 0.15) is 5.56 Å². The molecule has 0 spiro atoms. The van der Waals surface area contributed by atoms with E-state index in [-0.39, 0.29) is 17.2 Å². The van der Waals surface area contributed by atoms with Gasteiger partial charge in [0.1, 0.15) is 0 Å². The number of aromatic nitrogens is 2. The smallest absolute Gasteiger partial charge is 0.242 e. The van der Waals surface area contributed by atoms with Gasteiger partial charge in [-0.25, -0.2) is 18.4 Å². The minimum atomic E-state index is -3.58. The van der Waals surface area contributed by atoms with E-state index in [0.717, 1.165) is 5.56 Å². The summed E-state index contributed by atoms with van der Waals surface area (Å²) in [6.45, 7) is 1.02. The number of hydrogen-bond acceptors (Lipinski definition) is 7. The summed E-state index contributed by atoms with van der Waals surface area (Å²) in [5, 5.41) is 6.47. The van der Waals surface area contributed by atoms with E-state index < -0.39 is 10.0 Å². The Labute approximate surface area is 203 Å². The lowest BCUT2D eigenvalue weighted by Crippen LogP contribution is -2.33. The summed E-state index contributed by atoms with van der Waals surface area (Å²) in [5.41, 5.74) is 3.30. The Kier molecular flexibility index (Phi) is 6.85. The first-order valence-corrected chi connectivity index (χ1v) is 12.4. The predicted octanol–water partition coefficient (Wildman–Crippen LogP) is 3.22. The quantitative estimate of drug-likeness (QED) is 0.512. The van der Waals surface area contributed by atoms with Crippen LogP contribution in [0.2, 0.25) is 5.02 Å². The van der Waals surface area contributed by atoms with E-state index in [2.05, 4.69) is 20.6 Å². The normalized spacial score (nSPS) is 13.3. The number of rotatable bonds is 7. The molecule has 178 valence electrons. The molecule has 0 radical (unpaired) electrons. The highest BCUT2D eigenvalue weighted by atomic mass is 35.5. The van der Waals surface area contributed by atoms with Crippen molar-refractivity contribution in [2.24, 2.45) is 0 Å². The third-order valence-electron chi connectivity index (χ3n) is 5.41. The lowest BCUT2D eigenvalue weighted by Gasteiger charge is -2.19. The van der Waals surface area contributed by atoms with Crippen LogP contribution in [-0.4, -0.2) is 67.7 Å². The number of nitrogens with zero attached hydrogens (tertiary/aromatic N) is 4. The number of benzene rings is 2. The molecule has 0 fully saturated rings. The predicted molar refractivity (Wildman–Crippen MR) is 133 cm³/mol. The van der Waals surface area contributed by atoms with Crippen LogP contribution in [0.3, 0.4) is 0 Å². The van der Waals surface area contributed by atoms with Gasteiger partial charge in [-0.1, -0.05) is 11.6 Å². The molecule has 3 aromatic rings. The molecule has 2 N–H and O–H groups in total. The van der Waals surface area contributed by atoms with Crippen molar-refractivity contribution in [1.82, 2.24) is 19.2 Å². The van der Waals surface area contributed by atoms with Crippen molar-refractivity contribution >= 4 is 44.9 Å². The van der Waals surface area contributed by atoms with Gasteiger partial charge in [0.05, 0.1) is 22.7 Å². The lowest BCUT2D eigenvalue weighted by atomic mass is 10.1. The van der Waals surface area contributed by atoms with E-state index in [1.165, 1.54) is 4.31 Å². The molecule has 0 unspecified atom stereocenters. The molecular formula is C23H25ClN6O3S. The monoisotopic (exact) mass is 500 g/mol. The Morgan fingerprint density at radius 3 is 2.53 bits per heavy atom. The van der Waals surface area contributed by atoms with Crippen LogP contribution in [-0.2, 0) is 21.2 Å². The maximum atomic E-state index is 12.8. The summed E-state index contributed by atoms with van der Waals surface area (Å²) in [6, 6.07) is 11.7. The Balaban J connectivity index is 1.57. The summed E-state index contributed by atoms with van der Waals surface area (Å²) < 4.78 is 26.9. The van der Waals surface area contributed by atoms with Crippen molar-refractivity contribution in [2.45, 2.75) is 11.3 Å². The standard InChI is InChI=1S/C23H25ClN6O3S/c1-29(2)10-11-30(3)34(32,33)18-7-5-17(6-8-18)26-23-25-14-15-12-21(31)27-20-13-16(24)4-9-19(20)22(15)28-23/h4-9,13-14H,10-12H2,1-3H3,(H,27,31)(H,25,26,28). The van der Waals surface area contributed by atoms with Crippen LogP contribution >= 0.6 is 11.6 Å². The van der Waals surface area contributed by atoms with Gasteiger partial charge in [0, 0.05) is 48.2 Å². The zero-order valence-corrected chi connectivity index (χ0v) is 20.6. The minimum absolute atomic E-state index is 0.149. The molecule has 9 nitrogen and oxygen atoms in total. The molecule has 4 rings (SSSR count). The van der Waals surface area contributed by atoms with Crippen molar-refractivity contribution in [2.75, 3.05) is 44.9 Å². The molecule has 1 aliphatic rings. The van der Waals surface area contributed by atoms with Gasteiger partial charge in [-0.2, -0.15) is 4.31 Å². The second kappa shape index (κ2) is 9.67. The van der Waals surface area contributed by atoms with Crippen molar-refractivity contribution in [1.29, 1.82) is 0 Å². The Morgan fingerprint density at radius 2 is 1.82 bits per heavy atom. The fourth-order valence-electron chi connectivity index (χ4n) is 3.50. The Hall–Kier alpha value is -3.05. The maximum Gasteiger partial charge on any atom is 0.242 e. The van der Waals surface area contributed by atoms with Crippen LogP contribution in [0.25, 0.3) is 11.3 Å². The van der Waals surface area contributed by atoms with Gasteiger partial charge in [0.2, 0.25) is 21.9 Å². The van der Waals surface area contributed by atoms with Crippen molar-refractivity contribution in [3.05, 3.63) is 59.2 Å². The van der Waals surface area contributed by atoms with Crippen LogP contribution < -0.4 is 10.6 Å². The zero-order chi connectivity index (χ0) is 24.5. The molecule has 2 heterocycles. The molecular weight excluding hydrogens is 476 g/mol. The first-order valence-electron chi connectivity index (χ1n) is 10.6. The second-order valence-electron chi connectivity index (χ2n) is 8.26. The molecule has 34 heavy (non-hydrogen) atoms. The number of carbonyl (C=O) groups is 1. The van der Waals surface area contributed by atoms with Gasteiger partial charge >= 0.3 is 0 Å². The van der Waals surface area contributed by atoms with E-state index in [1.807, 2.05) is 25.1 Å². The van der Waals surface area contributed by atoms with Gasteiger partial charge in [-0.3, -0.25) is 4.79 Å². The molecule has 0 saturated heterocycles. The Bertz CT molecular complexity index is 1330. The number of likely N-dealkylation sites (N-methyl/N-ethyl adjacent to an activating group) is 2. The van der Waals surface area contributed by atoms with E-state index in [0.29, 0.717) is 46.7 Å². The fourth-order valence-corrected chi connectivity index (χ4v) is 4.84. The second-order valence-corrected chi connectivity index (χ2v) is 10.7. The van der Waals surface area contributed by atoms with Crippen molar-refractivity contribution in [3.63, 3.8) is 0 Å². The summed E-state index contributed by atoms with van der Waals surface area (Å²) >= 11 is 6.09. The summed E-state index contributed by atoms with van der Waals surface area (Å²) in [4.78, 5) is 23.3. The SMILES string of the molecule is CN(C)CCN(C)S(=O)(=O)c1ccc(Nc2ncc3c(n2)-c2ccc(Cl)cc2NC(=O)C3)cc1. The lowest BCUT2D eigenvalue weighted by molar-refractivity contribution is -0.115. The highest BCUT2D eigenvalue weighted by Gasteiger charge is 2.22. The number of anilines is 3. The first-order chi connectivity index (χ1) is 16.1. The number of carbonyl (C=O) groups excluding carboxylic acids is 1. The maximum absolute atomic E-state index is 12.8. The zero-order valence-electron chi connectivity index (χ0n) is 19.0. The molecule has 0 bridgehead atoms.